The second-order valence-corrected chi connectivity index (χ2v) is 6.05. The summed E-state index contributed by atoms with van der Waals surface area (Å²) in [6, 6.07) is 6.12. The molecule has 0 aromatic heterocycles. The summed E-state index contributed by atoms with van der Waals surface area (Å²) >= 11 is 0. The predicted octanol–water partition coefficient (Wildman–Crippen LogP) is -0.268. The largest absolute Gasteiger partial charge is 0.399 e. The highest BCUT2D eigenvalue weighted by Crippen LogP contribution is 2.18. The van der Waals surface area contributed by atoms with Crippen molar-refractivity contribution in [3.63, 3.8) is 0 Å². The minimum Gasteiger partial charge on any atom is -0.399 e. The Hall–Kier alpha value is -1.60. The highest BCUT2D eigenvalue weighted by molar-refractivity contribution is 7.89. The van der Waals surface area contributed by atoms with Gasteiger partial charge in [0.2, 0.25) is 16.4 Å². The molecule has 1 fully saturated rings. The lowest BCUT2D eigenvalue weighted by atomic mass is 10.3. The quantitative estimate of drug-likeness (QED) is 0.605. The van der Waals surface area contributed by atoms with Crippen molar-refractivity contribution in [3.05, 3.63) is 24.3 Å². The van der Waals surface area contributed by atoms with Crippen LogP contribution in [0.4, 0.5) is 5.69 Å². The molecule has 0 bridgehead atoms. The molecule has 2 rings (SSSR count). The molecule has 1 aliphatic rings. The summed E-state index contributed by atoms with van der Waals surface area (Å²) in [6.45, 7) is 1.51. The molecule has 18 heavy (non-hydrogen) atoms. The number of nitrogens with zero attached hydrogens (tertiary/aromatic N) is 2. The number of carbonyl (C=O) groups excluding carboxylic acids is 1. The second kappa shape index (κ2) is 4.95. The molecule has 98 valence electrons. The number of benzene rings is 1. The number of carbonyl (C=O) groups is 1. The minimum atomic E-state index is -3.48. The number of hydrogen-bond acceptors (Lipinski definition) is 4. The Morgan fingerprint density at radius 1 is 1.06 bits per heavy atom. The maximum atomic E-state index is 12.3. The number of nitrogens with two attached hydrogens (primary N) is 1. The standard InChI is InChI=1S/C11H15N3O3S/c12-10-1-3-11(4-2-10)18(16,17)14-7-5-13(9-15)6-8-14/h1-4,9H,5-8,12H2. The highest BCUT2D eigenvalue weighted by Gasteiger charge is 2.27. The fourth-order valence-electron chi connectivity index (χ4n) is 1.84. The van der Waals surface area contributed by atoms with Crippen molar-refractivity contribution in [2.75, 3.05) is 31.9 Å². The van der Waals surface area contributed by atoms with E-state index < -0.39 is 10.0 Å². The Balaban J connectivity index is 2.17. The van der Waals surface area contributed by atoms with Crippen LogP contribution in [0.15, 0.2) is 29.2 Å². The zero-order chi connectivity index (χ0) is 13.2. The Morgan fingerprint density at radius 3 is 2.11 bits per heavy atom. The summed E-state index contributed by atoms with van der Waals surface area (Å²) in [4.78, 5) is 12.4. The number of piperazine rings is 1. The van der Waals surface area contributed by atoms with Gasteiger partial charge in [-0.2, -0.15) is 4.31 Å². The number of anilines is 1. The predicted molar refractivity (Wildman–Crippen MR) is 67.3 cm³/mol. The first-order valence-electron chi connectivity index (χ1n) is 5.59. The fraction of sp³-hybridized carbons (Fsp3) is 0.364. The van der Waals surface area contributed by atoms with Crippen LogP contribution in [-0.4, -0.2) is 50.2 Å². The lowest BCUT2D eigenvalue weighted by Crippen LogP contribution is -2.47. The van der Waals surface area contributed by atoms with Gasteiger partial charge in [0.05, 0.1) is 4.90 Å². The zero-order valence-electron chi connectivity index (χ0n) is 9.82. The average Bonchev–Trinajstić information content (AvgIpc) is 2.39. The molecule has 1 aliphatic heterocycles. The van der Waals surface area contributed by atoms with Gasteiger partial charge in [0.1, 0.15) is 0 Å². The summed E-state index contributed by atoms with van der Waals surface area (Å²) in [7, 11) is -3.48. The van der Waals surface area contributed by atoms with Crippen molar-refractivity contribution in [1.29, 1.82) is 0 Å². The van der Waals surface area contributed by atoms with Gasteiger partial charge in [-0.05, 0) is 24.3 Å². The molecule has 1 saturated heterocycles. The molecule has 0 unspecified atom stereocenters. The molecular weight excluding hydrogens is 254 g/mol. The number of nitrogen functional groups attached to an aromatic ring is 1. The molecule has 1 amide bonds. The van der Waals surface area contributed by atoms with Crippen LogP contribution < -0.4 is 5.73 Å². The van der Waals surface area contributed by atoms with E-state index in [2.05, 4.69) is 0 Å². The van der Waals surface area contributed by atoms with Gasteiger partial charge >= 0.3 is 0 Å². The van der Waals surface area contributed by atoms with E-state index in [9.17, 15) is 13.2 Å². The normalized spacial score (nSPS) is 17.7. The first kappa shape index (κ1) is 12.8. The van der Waals surface area contributed by atoms with Crippen LogP contribution in [0.3, 0.4) is 0 Å². The molecule has 6 nitrogen and oxygen atoms in total. The summed E-state index contributed by atoms with van der Waals surface area (Å²) in [5, 5.41) is 0. The third-order valence-electron chi connectivity index (χ3n) is 2.94. The van der Waals surface area contributed by atoms with Crippen LogP contribution in [0.2, 0.25) is 0 Å². The van der Waals surface area contributed by atoms with Gasteiger partial charge in [0.15, 0.2) is 0 Å². The number of amides is 1. The molecule has 0 radical (unpaired) electrons. The van der Waals surface area contributed by atoms with Crippen molar-refractivity contribution < 1.29 is 13.2 Å². The van der Waals surface area contributed by atoms with Crippen molar-refractivity contribution in [3.8, 4) is 0 Å². The third-order valence-corrected chi connectivity index (χ3v) is 4.85. The van der Waals surface area contributed by atoms with E-state index in [1.807, 2.05) is 0 Å². The summed E-state index contributed by atoms with van der Waals surface area (Å²) in [6.07, 6.45) is 0.743. The number of hydrogen-bond donors (Lipinski definition) is 1. The van der Waals surface area contributed by atoms with E-state index in [0.29, 0.717) is 31.9 Å². The Labute approximate surface area is 106 Å². The van der Waals surface area contributed by atoms with Crippen molar-refractivity contribution in [1.82, 2.24) is 9.21 Å². The van der Waals surface area contributed by atoms with Crippen LogP contribution >= 0.6 is 0 Å². The first-order valence-corrected chi connectivity index (χ1v) is 7.03. The van der Waals surface area contributed by atoms with Gasteiger partial charge in [-0.1, -0.05) is 0 Å². The molecule has 0 saturated carbocycles. The maximum absolute atomic E-state index is 12.3. The summed E-state index contributed by atoms with van der Waals surface area (Å²) < 4.78 is 25.9. The topological polar surface area (TPSA) is 83.7 Å². The van der Waals surface area contributed by atoms with Gasteiger partial charge in [0.25, 0.3) is 0 Å². The van der Waals surface area contributed by atoms with Crippen molar-refractivity contribution >= 4 is 22.1 Å². The van der Waals surface area contributed by atoms with E-state index >= 15 is 0 Å². The Bertz CT molecular complexity index is 519. The van der Waals surface area contributed by atoms with Crippen LogP contribution in [-0.2, 0) is 14.8 Å². The van der Waals surface area contributed by atoms with Crippen LogP contribution in [0.1, 0.15) is 0 Å². The minimum absolute atomic E-state index is 0.233. The van der Waals surface area contributed by atoms with E-state index in [-0.39, 0.29) is 4.90 Å². The van der Waals surface area contributed by atoms with Gasteiger partial charge in [0, 0.05) is 31.9 Å². The summed E-state index contributed by atoms with van der Waals surface area (Å²) in [5.41, 5.74) is 6.06. The lowest BCUT2D eigenvalue weighted by molar-refractivity contribution is -0.119. The monoisotopic (exact) mass is 269 g/mol. The van der Waals surface area contributed by atoms with E-state index in [4.69, 9.17) is 5.73 Å². The van der Waals surface area contributed by atoms with Crippen LogP contribution in [0.25, 0.3) is 0 Å². The molecule has 0 atom stereocenters. The third kappa shape index (κ3) is 2.46. The highest BCUT2D eigenvalue weighted by atomic mass is 32.2. The van der Waals surface area contributed by atoms with E-state index in [1.165, 1.54) is 16.4 Å². The van der Waals surface area contributed by atoms with Gasteiger partial charge in [-0.15, -0.1) is 0 Å². The molecule has 0 spiro atoms. The molecule has 0 aliphatic carbocycles. The fourth-order valence-corrected chi connectivity index (χ4v) is 3.26. The first-order chi connectivity index (χ1) is 8.54. The van der Waals surface area contributed by atoms with Gasteiger partial charge in [-0.3, -0.25) is 4.79 Å². The number of rotatable bonds is 3. The zero-order valence-corrected chi connectivity index (χ0v) is 10.6. The molecule has 1 heterocycles. The van der Waals surface area contributed by atoms with Crippen molar-refractivity contribution in [2.45, 2.75) is 4.90 Å². The van der Waals surface area contributed by atoms with Crippen molar-refractivity contribution in [2.24, 2.45) is 0 Å². The molecule has 1 aromatic rings. The summed E-state index contributed by atoms with van der Waals surface area (Å²) in [5.74, 6) is 0. The van der Waals surface area contributed by atoms with E-state index in [0.717, 1.165) is 6.41 Å². The lowest BCUT2D eigenvalue weighted by Gasteiger charge is -2.31. The SMILES string of the molecule is Nc1ccc(S(=O)(=O)N2CCN(C=O)CC2)cc1. The smallest absolute Gasteiger partial charge is 0.243 e. The molecule has 7 heteroatoms. The van der Waals surface area contributed by atoms with Gasteiger partial charge < -0.3 is 10.6 Å². The Kier molecular flexibility index (Phi) is 3.53. The van der Waals surface area contributed by atoms with Crippen LogP contribution in [0.5, 0.6) is 0 Å². The second-order valence-electron chi connectivity index (χ2n) is 4.11. The molecule has 1 aromatic carbocycles. The molecular formula is C11H15N3O3S. The van der Waals surface area contributed by atoms with E-state index in [1.54, 1.807) is 17.0 Å². The average molecular weight is 269 g/mol. The van der Waals surface area contributed by atoms with Crippen LogP contribution in [0, 0.1) is 0 Å². The molecule has 2 N–H and O–H groups in total. The Morgan fingerprint density at radius 2 is 1.61 bits per heavy atom. The van der Waals surface area contributed by atoms with Gasteiger partial charge in [-0.25, -0.2) is 8.42 Å². The maximum Gasteiger partial charge on any atom is 0.243 e. The number of sulfonamides is 1.